The van der Waals surface area contributed by atoms with Crippen molar-refractivity contribution in [1.29, 1.82) is 0 Å². The van der Waals surface area contributed by atoms with Gasteiger partial charge in [0.15, 0.2) is 11.0 Å². The average molecular weight is 547 g/mol. The smallest absolute Gasteiger partial charge is 0.341 e. The summed E-state index contributed by atoms with van der Waals surface area (Å²) < 4.78 is 6.86. The third kappa shape index (κ3) is 5.78. The lowest BCUT2D eigenvalue weighted by Crippen LogP contribution is -2.16. The summed E-state index contributed by atoms with van der Waals surface area (Å²) in [6.45, 7) is 2.16. The molecule has 0 atom stereocenters. The summed E-state index contributed by atoms with van der Waals surface area (Å²) in [5, 5.41) is 17.0. The molecule has 7 nitrogen and oxygen atoms in total. The van der Waals surface area contributed by atoms with Crippen LogP contribution in [0.25, 0.3) is 22.5 Å². The van der Waals surface area contributed by atoms with E-state index in [0.717, 1.165) is 29.8 Å². The SMILES string of the molecule is CCCc1cc(-c2nnc(SCC(=O)Nc3scc(-c4ccc(Cl)cc4)c3C(=O)OC)n2C)cs1. The number of benzene rings is 1. The Morgan fingerprint density at radius 1 is 1.14 bits per heavy atom. The van der Waals surface area contributed by atoms with Gasteiger partial charge in [0, 0.05) is 38.8 Å². The first-order valence-corrected chi connectivity index (χ1v) is 13.9. The Hall–Kier alpha value is -2.66. The zero-order valence-corrected chi connectivity index (χ0v) is 22.5. The van der Waals surface area contributed by atoms with Crippen LogP contribution < -0.4 is 5.32 Å². The molecule has 0 aliphatic carbocycles. The van der Waals surface area contributed by atoms with Gasteiger partial charge in [-0.05, 0) is 30.2 Å². The van der Waals surface area contributed by atoms with Crippen LogP contribution in [0.5, 0.6) is 0 Å². The van der Waals surface area contributed by atoms with Crippen LogP contribution in [0.3, 0.4) is 0 Å². The van der Waals surface area contributed by atoms with Gasteiger partial charge >= 0.3 is 5.97 Å². The summed E-state index contributed by atoms with van der Waals surface area (Å²) in [4.78, 5) is 26.6. The molecule has 0 aliphatic rings. The van der Waals surface area contributed by atoms with Gasteiger partial charge < -0.3 is 14.6 Å². The average Bonchev–Trinajstić information content (AvgIpc) is 3.57. The third-order valence-electron chi connectivity index (χ3n) is 5.16. The quantitative estimate of drug-likeness (QED) is 0.193. The number of esters is 1. The van der Waals surface area contributed by atoms with Crippen LogP contribution in [0.15, 0.2) is 46.2 Å². The van der Waals surface area contributed by atoms with Crippen LogP contribution in [0.2, 0.25) is 5.02 Å². The zero-order chi connectivity index (χ0) is 24.9. The summed E-state index contributed by atoms with van der Waals surface area (Å²) in [6, 6.07) is 9.29. The second-order valence-electron chi connectivity index (χ2n) is 7.61. The number of aromatic nitrogens is 3. The number of carbonyl (C=O) groups excluding carboxylic acids is 2. The Labute approximate surface area is 220 Å². The summed E-state index contributed by atoms with van der Waals surface area (Å²) in [5.74, 6) is 0.113. The number of amides is 1. The topological polar surface area (TPSA) is 86.1 Å². The maximum absolute atomic E-state index is 12.8. The molecule has 35 heavy (non-hydrogen) atoms. The highest BCUT2D eigenvalue weighted by Gasteiger charge is 2.23. The number of thioether (sulfide) groups is 1. The molecule has 1 N–H and O–H groups in total. The van der Waals surface area contributed by atoms with Crippen LogP contribution >= 0.6 is 46.0 Å². The van der Waals surface area contributed by atoms with Gasteiger partial charge in [-0.3, -0.25) is 4.79 Å². The summed E-state index contributed by atoms with van der Waals surface area (Å²) in [6.07, 6.45) is 2.14. The van der Waals surface area contributed by atoms with Crippen molar-refractivity contribution in [3.63, 3.8) is 0 Å². The van der Waals surface area contributed by atoms with Gasteiger partial charge in [0.1, 0.15) is 10.6 Å². The molecule has 0 saturated heterocycles. The molecule has 0 unspecified atom stereocenters. The van der Waals surface area contributed by atoms with Gasteiger partial charge in [0.05, 0.1) is 12.9 Å². The van der Waals surface area contributed by atoms with Crippen molar-refractivity contribution in [2.24, 2.45) is 7.05 Å². The first-order chi connectivity index (χ1) is 16.9. The molecule has 0 spiro atoms. The minimum absolute atomic E-state index is 0.117. The van der Waals surface area contributed by atoms with Crippen LogP contribution in [0.4, 0.5) is 5.00 Å². The molecule has 0 fully saturated rings. The highest BCUT2D eigenvalue weighted by Crippen LogP contribution is 2.37. The van der Waals surface area contributed by atoms with E-state index < -0.39 is 5.97 Å². The van der Waals surface area contributed by atoms with Gasteiger partial charge in [-0.1, -0.05) is 48.8 Å². The summed E-state index contributed by atoms with van der Waals surface area (Å²) in [5.41, 5.74) is 2.83. The maximum atomic E-state index is 12.8. The maximum Gasteiger partial charge on any atom is 0.341 e. The third-order valence-corrected chi connectivity index (χ3v) is 8.33. The molecule has 11 heteroatoms. The summed E-state index contributed by atoms with van der Waals surface area (Å²) >= 11 is 10.3. The fourth-order valence-electron chi connectivity index (χ4n) is 3.46. The van der Waals surface area contributed by atoms with E-state index in [0.29, 0.717) is 26.3 Å². The highest BCUT2D eigenvalue weighted by molar-refractivity contribution is 7.99. The molecule has 0 radical (unpaired) electrons. The number of methoxy groups -OCH3 is 1. The Morgan fingerprint density at radius 3 is 2.63 bits per heavy atom. The molecule has 0 saturated carbocycles. The fraction of sp³-hybridized carbons (Fsp3) is 0.250. The fourth-order valence-corrected chi connectivity index (χ4v) is 6.24. The predicted molar refractivity (Wildman–Crippen MR) is 144 cm³/mol. The standard InChI is InChI=1S/C24H23ClN4O3S3/c1-4-5-17-10-15(11-33-17)21-27-28-24(29(21)2)35-13-19(30)26-22-20(23(31)32-3)18(12-34-22)14-6-8-16(25)9-7-14/h6-12H,4-5,13H2,1-3H3,(H,26,30). The van der Waals surface area contributed by atoms with Gasteiger partial charge in [0.25, 0.3) is 0 Å². The van der Waals surface area contributed by atoms with Crippen LogP contribution in [-0.4, -0.2) is 39.5 Å². The molecule has 1 aromatic carbocycles. The first-order valence-electron chi connectivity index (χ1n) is 10.8. The molecule has 1 amide bonds. The van der Waals surface area contributed by atoms with Crippen LogP contribution in [-0.2, 0) is 23.0 Å². The van der Waals surface area contributed by atoms with E-state index in [1.165, 1.54) is 35.1 Å². The second-order valence-corrected chi connectivity index (χ2v) is 10.9. The van der Waals surface area contributed by atoms with E-state index >= 15 is 0 Å². The summed E-state index contributed by atoms with van der Waals surface area (Å²) in [7, 11) is 3.21. The lowest BCUT2D eigenvalue weighted by Gasteiger charge is -2.08. The van der Waals surface area contributed by atoms with Crippen molar-refractivity contribution in [2.45, 2.75) is 24.9 Å². The van der Waals surface area contributed by atoms with Crippen molar-refractivity contribution in [2.75, 3.05) is 18.2 Å². The molecule has 4 rings (SSSR count). The molecule has 3 heterocycles. The van der Waals surface area contributed by atoms with Gasteiger partial charge in [-0.2, -0.15) is 0 Å². The molecule has 4 aromatic rings. The van der Waals surface area contributed by atoms with Gasteiger partial charge in [-0.25, -0.2) is 4.79 Å². The van der Waals surface area contributed by atoms with E-state index in [9.17, 15) is 9.59 Å². The predicted octanol–water partition coefficient (Wildman–Crippen LogP) is 6.40. The van der Waals surface area contributed by atoms with Gasteiger partial charge in [-0.15, -0.1) is 32.9 Å². The lowest BCUT2D eigenvalue weighted by atomic mass is 10.0. The molecule has 3 aromatic heterocycles. The van der Waals surface area contributed by atoms with E-state index in [4.69, 9.17) is 16.3 Å². The molecular weight excluding hydrogens is 524 g/mol. The Kier molecular flexibility index (Phi) is 8.27. The largest absolute Gasteiger partial charge is 0.465 e. The molecular formula is C24H23ClN4O3S3. The number of carbonyl (C=O) groups is 2. The van der Waals surface area contributed by atoms with Crippen molar-refractivity contribution in [3.05, 3.63) is 56.6 Å². The van der Waals surface area contributed by atoms with E-state index in [-0.39, 0.29) is 11.7 Å². The number of anilines is 1. The van der Waals surface area contributed by atoms with E-state index in [1.54, 1.807) is 23.5 Å². The first kappa shape index (κ1) is 25.4. The number of thiophene rings is 2. The Morgan fingerprint density at radius 2 is 1.91 bits per heavy atom. The minimum atomic E-state index is -0.518. The van der Waals surface area contributed by atoms with Crippen LogP contribution in [0.1, 0.15) is 28.6 Å². The number of ether oxygens (including phenoxy) is 1. The molecule has 182 valence electrons. The zero-order valence-electron chi connectivity index (χ0n) is 19.3. The van der Waals surface area contributed by atoms with Crippen molar-refractivity contribution in [1.82, 2.24) is 14.8 Å². The molecule has 0 aliphatic heterocycles. The normalized spacial score (nSPS) is 11.0. The van der Waals surface area contributed by atoms with Crippen molar-refractivity contribution < 1.29 is 14.3 Å². The van der Waals surface area contributed by atoms with E-state index in [1.807, 2.05) is 29.1 Å². The number of hydrogen-bond donors (Lipinski definition) is 1. The minimum Gasteiger partial charge on any atom is -0.465 e. The number of aryl methyl sites for hydroxylation is 1. The Balaban J connectivity index is 1.46. The number of nitrogens with one attached hydrogen (secondary N) is 1. The number of hydrogen-bond acceptors (Lipinski definition) is 8. The second kappa shape index (κ2) is 11.4. The van der Waals surface area contributed by atoms with Crippen molar-refractivity contribution >= 4 is 62.9 Å². The number of nitrogens with zero attached hydrogens (tertiary/aromatic N) is 3. The van der Waals surface area contributed by atoms with E-state index in [2.05, 4.69) is 33.9 Å². The van der Waals surface area contributed by atoms with Crippen molar-refractivity contribution in [3.8, 4) is 22.5 Å². The number of rotatable bonds is 9. The molecule has 0 bridgehead atoms. The highest BCUT2D eigenvalue weighted by atomic mass is 35.5. The van der Waals surface area contributed by atoms with Gasteiger partial charge in [0.2, 0.25) is 5.91 Å². The Bertz CT molecular complexity index is 1340. The number of halogens is 1. The van der Waals surface area contributed by atoms with Crippen LogP contribution in [0, 0.1) is 0 Å². The monoisotopic (exact) mass is 546 g/mol. The lowest BCUT2D eigenvalue weighted by molar-refractivity contribution is -0.113.